The van der Waals surface area contributed by atoms with Crippen LogP contribution in [0.1, 0.15) is 17.4 Å². The number of carboxylic acid groups (broad SMARTS) is 1. The molecule has 0 aromatic carbocycles. The summed E-state index contributed by atoms with van der Waals surface area (Å²) < 4.78 is 0.679. The zero-order valence-electron chi connectivity index (χ0n) is 18.5. The third-order valence-electron chi connectivity index (χ3n) is 5.11. The molecule has 3 atom stereocenters. The molecule has 2 aliphatic rings. The first-order valence-electron chi connectivity index (χ1n) is 10.5. The number of nitrogens with zero attached hydrogens (tertiary/aromatic N) is 4. The molecule has 0 aliphatic carbocycles. The average molecular weight is 568 g/mol. The van der Waals surface area contributed by atoms with Crippen molar-refractivity contribution in [3.63, 3.8) is 0 Å². The van der Waals surface area contributed by atoms with E-state index in [1.165, 1.54) is 53.1 Å². The molecular weight excluding hydrogens is 547 g/mol. The van der Waals surface area contributed by atoms with Crippen molar-refractivity contribution in [3.05, 3.63) is 50.5 Å². The Kier molecular flexibility index (Phi) is 8.50. The Bertz CT molecular complexity index is 1220. The van der Waals surface area contributed by atoms with E-state index in [4.69, 9.17) is 11.5 Å². The van der Waals surface area contributed by atoms with Gasteiger partial charge in [0.15, 0.2) is 4.34 Å². The number of nitrogens with two attached hydrogens (primary N) is 2. The van der Waals surface area contributed by atoms with E-state index in [-0.39, 0.29) is 17.2 Å². The molecule has 16 heteroatoms. The van der Waals surface area contributed by atoms with Gasteiger partial charge in [0.05, 0.1) is 11.4 Å². The normalized spacial score (nSPS) is 19.9. The van der Waals surface area contributed by atoms with Crippen LogP contribution < -0.4 is 16.8 Å². The number of hydrogen-bond donors (Lipinski definition) is 4. The smallest absolute Gasteiger partial charge is 0.353 e. The molecule has 2 aromatic rings. The number of hydrogen-bond acceptors (Lipinski definition) is 13. The second-order valence-electron chi connectivity index (χ2n) is 7.52. The number of pyridine rings is 1. The maximum absolute atomic E-state index is 12.9. The minimum Gasteiger partial charge on any atom is -0.477 e. The van der Waals surface area contributed by atoms with E-state index in [9.17, 15) is 24.4 Å². The Morgan fingerprint density at radius 1 is 1.36 bits per heavy atom. The number of carbonyl (C=O) groups is 3. The van der Waals surface area contributed by atoms with E-state index in [0.29, 0.717) is 27.3 Å². The number of carbonyl (C=O) groups excluding carboxylic acids is 2. The molecule has 0 spiro atoms. The van der Waals surface area contributed by atoms with Crippen LogP contribution in [0.5, 0.6) is 0 Å². The molecular formula is C20H21N7O5S4. The number of nitrogen functional groups attached to an aromatic ring is 1. The molecule has 2 aliphatic heterocycles. The van der Waals surface area contributed by atoms with Gasteiger partial charge >= 0.3 is 5.97 Å². The summed E-state index contributed by atoms with van der Waals surface area (Å²) in [5, 5.41) is 16.5. The molecule has 0 radical (unpaired) electrons. The third kappa shape index (κ3) is 5.51. The fraction of sp³-hybridized carbons (Fsp3) is 0.350. The van der Waals surface area contributed by atoms with E-state index < -0.39 is 35.2 Å². The first kappa shape index (κ1) is 26.4. The zero-order valence-corrected chi connectivity index (χ0v) is 21.8. The summed E-state index contributed by atoms with van der Waals surface area (Å²) in [5.41, 5.74) is 11.9. The van der Waals surface area contributed by atoms with Crippen LogP contribution in [-0.4, -0.2) is 67.2 Å². The number of β-lactam (4-membered cyclic amide) rings is 1. The van der Waals surface area contributed by atoms with E-state index in [1.54, 1.807) is 11.8 Å². The number of fused-ring (bicyclic) bond motifs is 1. The lowest BCUT2D eigenvalue weighted by atomic mass is 10.0. The van der Waals surface area contributed by atoms with Crippen LogP contribution in [0.2, 0.25) is 0 Å². The van der Waals surface area contributed by atoms with E-state index in [0.717, 1.165) is 16.3 Å². The number of carboxylic acids is 1. The summed E-state index contributed by atoms with van der Waals surface area (Å²) in [5.74, 6) is -0.677. The van der Waals surface area contributed by atoms with Gasteiger partial charge in [-0.2, -0.15) is 11.8 Å². The number of nitrogens with one attached hydrogen (secondary N) is 1. The molecule has 190 valence electrons. The molecule has 12 nitrogen and oxygen atoms in total. The lowest BCUT2D eigenvalue weighted by Crippen LogP contribution is -2.70. The predicted molar refractivity (Wildman–Crippen MR) is 140 cm³/mol. The molecule has 36 heavy (non-hydrogen) atoms. The highest BCUT2D eigenvalue weighted by atomic mass is 32.2. The number of aliphatic carboxylic acids is 1. The van der Waals surface area contributed by atoms with Gasteiger partial charge in [-0.05, 0) is 17.3 Å². The Hall–Kier alpha value is -2.66. The van der Waals surface area contributed by atoms with Gasteiger partial charge in [-0.3, -0.25) is 14.5 Å². The Morgan fingerprint density at radius 3 is 2.86 bits per heavy atom. The van der Waals surface area contributed by atoms with Crippen LogP contribution >= 0.6 is 46.6 Å². The number of aromatic nitrogens is 2. The monoisotopic (exact) mass is 567 g/mol. The fourth-order valence-electron chi connectivity index (χ4n) is 3.53. The SMILES string of the molecule is NCCSCc1csc(SC2=C(C(=O)O)N3C(=O)C(NC(=O)C(N=O)c4cccc(N)n4)C3SC2)n1. The molecule has 1 fully saturated rings. The highest BCUT2D eigenvalue weighted by Gasteiger charge is 2.54. The van der Waals surface area contributed by atoms with E-state index in [1.807, 2.05) is 5.38 Å². The number of rotatable bonds is 11. The molecule has 3 unspecified atom stereocenters. The van der Waals surface area contributed by atoms with Crippen molar-refractivity contribution in [2.45, 2.75) is 27.6 Å². The number of thiazole rings is 1. The second kappa shape index (κ2) is 11.6. The van der Waals surface area contributed by atoms with Crippen LogP contribution in [0.4, 0.5) is 5.82 Å². The summed E-state index contributed by atoms with van der Waals surface area (Å²) in [7, 11) is 0. The first-order valence-corrected chi connectivity index (χ1v) is 14.4. The van der Waals surface area contributed by atoms with Gasteiger partial charge in [0.1, 0.15) is 22.9 Å². The van der Waals surface area contributed by atoms with Gasteiger partial charge in [-0.25, -0.2) is 14.8 Å². The summed E-state index contributed by atoms with van der Waals surface area (Å²) in [6.45, 7) is 0.582. The lowest BCUT2D eigenvalue weighted by Gasteiger charge is -2.49. The molecule has 4 heterocycles. The molecule has 4 rings (SSSR count). The Balaban J connectivity index is 1.46. The van der Waals surface area contributed by atoms with Crippen LogP contribution in [-0.2, 0) is 20.1 Å². The van der Waals surface area contributed by atoms with Gasteiger partial charge < -0.3 is 21.9 Å². The first-order chi connectivity index (χ1) is 17.3. The summed E-state index contributed by atoms with van der Waals surface area (Å²) >= 11 is 5.61. The molecule has 2 aromatic heterocycles. The fourth-order valence-corrected chi connectivity index (χ4v) is 7.77. The highest BCUT2D eigenvalue weighted by Crippen LogP contribution is 2.45. The number of nitroso groups, excluding NO2 is 1. The maximum atomic E-state index is 12.9. The zero-order chi connectivity index (χ0) is 25.8. The minimum atomic E-state index is -1.49. The minimum absolute atomic E-state index is 0.0523. The molecule has 6 N–H and O–H groups in total. The predicted octanol–water partition coefficient (Wildman–Crippen LogP) is 1.61. The van der Waals surface area contributed by atoms with Crippen molar-refractivity contribution in [2.75, 3.05) is 23.8 Å². The third-order valence-corrected chi connectivity index (χ3v) is 9.67. The van der Waals surface area contributed by atoms with Crippen LogP contribution in [0, 0.1) is 4.91 Å². The van der Waals surface area contributed by atoms with Crippen LogP contribution in [0.15, 0.2) is 43.7 Å². The van der Waals surface area contributed by atoms with Gasteiger partial charge in [-0.15, -0.1) is 28.0 Å². The van der Waals surface area contributed by atoms with Crippen LogP contribution in [0.25, 0.3) is 0 Å². The standard InChI is InChI=1S/C20H21N7O5S4/c21-4-5-33-6-9-7-35-20(23-9)36-11-8-34-18-14(17(29)27(18)15(11)19(30)31)25-16(28)13(26-32)10-2-1-3-12(22)24-10/h1-3,7,13-14,18H,4-6,8,21H2,(H2,22,24)(H,25,28)(H,30,31). The molecule has 2 amide bonds. The highest BCUT2D eigenvalue weighted by molar-refractivity contribution is 8.07. The quantitative estimate of drug-likeness (QED) is 0.174. The van der Waals surface area contributed by atoms with E-state index in [2.05, 4.69) is 20.5 Å². The van der Waals surface area contributed by atoms with Gasteiger partial charge in [0, 0.05) is 34.1 Å². The molecule has 0 saturated carbocycles. The second-order valence-corrected chi connectivity index (χ2v) is 11.9. The molecule has 0 bridgehead atoms. The number of amides is 2. The van der Waals surface area contributed by atoms with Crippen molar-refractivity contribution in [3.8, 4) is 0 Å². The Morgan fingerprint density at radius 2 is 2.17 bits per heavy atom. The van der Waals surface area contributed by atoms with Crippen molar-refractivity contribution in [1.29, 1.82) is 0 Å². The van der Waals surface area contributed by atoms with Crippen molar-refractivity contribution < 1.29 is 19.5 Å². The lowest BCUT2D eigenvalue weighted by molar-refractivity contribution is -0.150. The van der Waals surface area contributed by atoms with Crippen LogP contribution in [0.3, 0.4) is 0 Å². The Labute approximate surface area is 222 Å². The van der Waals surface area contributed by atoms with Gasteiger partial charge in [-0.1, -0.05) is 17.8 Å². The van der Waals surface area contributed by atoms with Crippen molar-refractivity contribution >= 4 is 70.2 Å². The topological polar surface area (TPSA) is 194 Å². The van der Waals surface area contributed by atoms with Gasteiger partial charge in [0.2, 0.25) is 6.04 Å². The number of anilines is 1. The van der Waals surface area contributed by atoms with Gasteiger partial charge in [0.25, 0.3) is 11.8 Å². The summed E-state index contributed by atoms with van der Waals surface area (Å²) in [6, 6.07) is 1.97. The largest absolute Gasteiger partial charge is 0.477 e. The van der Waals surface area contributed by atoms with Crippen molar-refractivity contribution in [1.82, 2.24) is 20.2 Å². The van der Waals surface area contributed by atoms with Crippen molar-refractivity contribution in [2.24, 2.45) is 10.9 Å². The van der Waals surface area contributed by atoms with E-state index >= 15 is 0 Å². The number of thioether (sulfide) groups is 3. The molecule has 1 saturated heterocycles. The summed E-state index contributed by atoms with van der Waals surface area (Å²) in [6.07, 6.45) is 0. The summed E-state index contributed by atoms with van der Waals surface area (Å²) in [4.78, 5) is 59.2. The average Bonchev–Trinajstić information content (AvgIpc) is 3.30. The maximum Gasteiger partial charge on any atom is 0.353 e.